The van der Waals surface area contributed by atoms with Crippen molar-refractivity contribution in [2.45, 2.75) is 25.2 Å². The number of aromatic nitrogens is 1. The van der Waals surface area contributed by atoms with E-state index in [1.165, 1.54) is 0 Å². The number of nitrogens with two attached hydrogens (primary N) is 1. The Morgan fingerprint density at radius 3 is 3.33 bits per heavy atom. The second kappa shape index (κ2) is 2.86. The second-order valence-corrected chi connectivity index (χ2v) is 3.90. The normalized spacial score (nSPS) is 21.8. The van der Waals surface area contributed by atoms with Crippen LogP contribution in [0.5, 0.6) is 0 Å². The Bertz CT molecular complexity index is 308. The van der Waals surface area contributed by atoms with Crippen molar-refractivity contribution in [1.82, 2.24) is 4.98 Å². The third-order valence-electron chi connectivity index (χ3n) is 2.24. The third-order valence-corrected chi connectivity index (χ3v) is 3.22. The summed E-state index contributed by atoms with van der Waals surface area (Å²) in [6.45, 7) is 0. The number of carbonyl (C=O) groups excluding carboxylic acids is 1. The van der Waals surface area contributed by atoms with E-state index in [0.717, 1.165) is 29.8 Å². The average Bonchev–Trinajstić information content (AvgIpc) is 2.49. The Hall–Kier alpha value is -0.900. The van der Waals surface area contributed by atoms with Crippen molar-refractivity contribution in [2.24, 2.45) is 5.73 Å². The van der Waals surface area contributed by atoms with Crippen molar-refractivity contribution in [3.05, 3.63) is 16.1 Å². The maximum Gasteiger partial charge on any atom is 0.225 e. The number of primary amides is 1. The average molecular weight is 182 g/mol. The summed E-state index contributed by atoms with van der Waals surface area (Å²) in [5.74, 6) is -0.276. The van der Waals surface area contributed by atoms with Crippen LogP contribution >= 0.6 is 11.3 Å². The predicted molar refractivity (Wildman–Crippen MR) is 47.0 cm³/mol. The Balaban J connectivity index is 2.37. The van der Waals surface area contributed by atoms with E-state index in [1.54, 1.807) is 16.8 Å². The fourth-order valence-corrected chi connectivity index (χ4v) is 2.61. The molecular formula is C8H10N2OS. The highest BCUT2D eigenvalue weighted by Gasteiger charge is 2.26. The van der Waals surface area contributed by atoms with E-state index in [9.17, 15) is 4.79 Å². The van der Waals surface area contributed by atoms with Gasteiger partial charge in [0.05, 0.1) is 17.1 Å². The maximum atomic E-state index is 11.0. The minimum absolute atomic E-state index is 0.0683. The van der Waals surface area contributed by atoms with Crippen molar-refractivity contribution in [2.75, 3.05) is 0 Å². The molecule has 1 amide bonds. The van der Waals surface area contributed by atoms with Gasteiger partial charge in [-0.1, -0.05) is 0 Å². The first-order valence-electron chi connectivity index (χ1n) is 4.00. The van der Waals surface area contributed by atoms with Crippen molar-refractivity contribution >= 4 is 17.2 Å². The molecule has 4 heteroatoms. The molecule has 0 saturated carbocycles. The van der Waals surface area contributed by atoms with E-state index in [1.807, 2.05) is 0 Å². The summed E-state index contributed by atoms with van der Waals surface area (Å²) in [6, 6.07) is 0. The molecule has 0 fully saturated rings. The molecule has 2 N–H and O–H groups in total. The van der Waals surface area contributed by atoms with Crippen molar-refractivity contribution in [3.63, 3.8) is 0 Å². The topological polar surface area (TPSA) is 56.0 Å². The molecule has 3 nitrogen and oxygen atoms in total. The molecule has 1 unspecified atom stereocenters. The number of rotatable bonds is 1. The second-order valence-electron chi connectivity index (χ2n) is 3.01. The van der Waals surface area contributed by atoms with Crippen LogP contribution in [0, 0.1) is 0 Å². The zero-order chi connectivity index (χ0) is 8.55. The van der Waals surface area contributed by atoms with Gasteiger partial charge < -0.3 is 5.73 Å². The molecule has 1 aliphatic rings. The molecule has 0 spiro atoms. The first-order valence-corrected chi connectivity index (χ1v) is 4.88. The molecule has 1 aromatic heterocycles. The quantitative estimate of drug-likeness (QED) is 0.705. The Kier molecular flexibility index (Phi) is 1.84. The standard InChI is InChI=1S/C8H10N2OS/c9-8(11)5-2-1-3-6-7(5)12-4-10-6/h4-5H,1-3H2,(H2,9,11). The van der Waals surface area contributed by atoms with Crippen LogP contribution in [-0.4, -0.2) is 10.9 Å². The van der Waals surface area contributed by atoms with Crippen LogP contribution in [-0.2, 0) is 11.2 Å². The molecule has 1 aromatic rings. The summed E-state index contributed by atoms with van der Waals surface area (Å²) in [7, 11) is 0. The minimum Gasteiger partial charge on any atom is -0.369 e. The van der Waals surface area contributed by atoms with Gasteiger partial charge in [0.1, 0.15) is 0 Å². The number of carbonyl (C=O) groups is 1. The van der Waals surface area contributed by atoms with E-state index in [2.05, 4.69) is 4.98 Å². The van der Waals surface area contributed by atoms with Gasteiger partial charge in [0.15, 0.2) is 0 Å². The Labute approximate surface area is 74.6 Å². The van der Waals surface area contributed by atoms with Crippen molar-refractivity contribution < 1.29 is 4.79 Å². The molecule has 1 heterocycles. The summed E-state index contributed by atoms with van der Waals surface area (Å²) in [5.41, 5.74) is 8.16. The number of hydrogen-bond acceptors (Lipinski definition) is 3. The van der Waals surface area contributed by atoms with Gasteiger partial charge in [-0.15, -0.1) is 11.3 Å². The monoisotopic (exact) mass is 182 g/mol. The van der Waals surface area contributed by atoms with Gasteiger partial charge in [0.25, 0.3) is 0 Å². The fourth-order valence-electron chi connectivity index (χ4n) is 1.63. The summed E-state index contributed by atoms with van der Waals surface area (Å²) in [5, 5.41) is 0. The first-order chi connectivity index (χ1) is 5.79. The van der Waals surface area contributed by atoms with Gasteiger partial charge in [0.2, 0.25) is 5.91 Å². The zero-order valence-corrected chi connectivity index (χ0v) is 7.43. The summed E-state index contributed by atoms with van der Waals surface area (Å²) in [6.07, 6.45) is 2.93. The number of aryl methyl sites for hydroxylation is 1. The lowest BCUT2D eigenvalue weighted by Gasteiger charge is -2.17. The van der Waals surface area contributed by atoms with Gasteiger partial charge in [-0.3, -0.25) is 4.79 Å². The van der Waals surface area contributed by atoms with Crippen LogP contribution in [0.3, 0.4) is 0 Å². The molecule has 2 rings (SSSR count). The van der Waals surface area contributed by atoms with E-state index in [0.29, 0.717) is 0 Å². The molecule has 64 valence electrons. The molecular weight excluding hydrogens is 172 g/mol. The van der Waals surface area contributed by atoms with E-state index in [-0.39, 0.29) is 11.8 Å². The summed E-state index contributed by atoms with van der Waals surface area (Å²) in [4.78, 5) is 16.3. The van der Waals surface area contributed by atoms with Crippen LogP contribution in [0.25, 0.3) is 0 Å². The fraction of sp³-hybridized carbons (Fsp3) is 0.500. The largest absolute Gasteiger partial charge is 0.369 e. The zero-order valence-electron chi connectivity index (χ0n) is 6.62. The van der Waals surface area contributed by atoms with Crippen LogP contribution in [0.1, 0.15) is 29.3 Å². The molecule has 0 saturated heterocycles. The molecule has 0 aromatic carbocycles. The van der Waals surface area contributed by atoms with Gasteiger partial charge >= 0.3 is 0 Å². The SMILES string of the molecule is NC(=O)C1CCCc2ncsc21. The van der Waals surface area contributed by atoms with Gasteiger partial charge in [0, 0.05) is 4.88 Å². The van der Waals surface area contributed by atoms with E-state index >= 15 is 0 Å². The maximum absolute atomic E-state index is 11.0. The van der Waals surface area contributed by atoms with Gasteiger partial charge in [-0.25, -0.2) is 4.98 Å². The van der Waals surface area contributed by atoms with Crippen LogP contribution in [0.15, 0.2) is 5.51 Å². The lowest BCUT2D eigenvalue weighted by atomic mass is 9.91. The smallest absolute Gasteiger partial charge is 0.225 e. The summed E-state index contributed by atoms with van der Waals surface area (Å²) >= 11 is 1.55. The van der Waals surface area contributed by atoms with Crippen molar-refractivity contribution in [3.8, 4) is 0 Å². The molecule has 0 bridgehead atoms. The highest BCUT2D eigenvalue weighted by Crippen LogP contribution is 2.33. The summed E-state index contributed by atoms with van der Waals surface area (Å²) < 4.78 is 0. The number of thiazole rings is 1. The Morgan fingerprint density at radius 1 is 1.75 bits per heavy atom. The van der Waals surface area contributed by atoms with Crippen LogP contribution in [0.4, 0.5) is 0 Å². The minimum atomic E-state index is -0.208. The molecule has 1 aliphatic carbocycles. The van der Waals surface area contributed by atoms with Gasteiger partial charge in [-0.05, 0) is 19.3 Å². The lowest BCUT2D eigenvalue weighted by Crippen LogP contribution is -2.23. The highest BCUT2D eigenvalue weighted by molar-refractivity contribution is 7.10. The number of nitrogens with zero attached hydrogens (tertiary/aromatic N) is 1. The van der Waals surface area contributed by atoms with Crippen LogP contribution in [0.2, 0.25) is 0 Å². The molecule has 0 radical (unpaired) electrons. The van der Waals surface area contributed by atoms with Crippen LogP contribution < -0.4 is 5.73 Å². The number of fused-ring (bicyclic) bond motifs is 1. The van der Waals surface area contributed by atoms with Crippen molar-refractivity contribution in [1.29, 1.82) is 0 Å². The predicted octanol–water partition coefficient (Wildman–Crippen LogP) is 1.05. The lowest BCUT2D eigenvalue weighted by molar-refractivity contribution is -0.119. The first kappa shape index (κ1) is 7.73. The molecule has 0 aliphatic heterocycles. The molecule has 1 atom stereocenters. The van der Waals surface area contributed by atoms with Gasteiger partial charge in [-0.2, -0.15) is 0 Å². The number of hydrogen-bond donors (Lipinski definition) is 1. The number of amides is 1. The highest BCUT2D eigenvalue weighted by atomic mass is 32.1. The molecule has 12 heavy (non-hydrogen) atoms. The van der Waals surface area contributed by atoms with E-state index < -0.39 is 0 Å². The van der Waals surface area contributed by atoms with E-state index in [4.69, 9.17) is 5.73 Å². The Morgan fingerprint density at radius 2 is 2.58 bits per heavy atom. The third kappa shape index (κ3) is 1.12.